The molecule has 0 aliphatic carbocycles. The third kappa shape index (κ3) is 11.7. The number of ether oxygens (including phenoxy) is 4. The number of nitrogens with two attached hydrogens (primary N) is 1. The van der Waals surface area contributed by atoms with Gasteiger partial charge >= 0.3 is 6.09 Å². The minimum atomic E-state index is -1.24. The fraction of sp³-hybridized carbons (Fsp3) is 0.526. The van der Waals surface area contributed by atoms with Gasteiger partial charge in [0.05, 0.1) is 59.8 Å². The van der Waals surface area contributed by atoms with E-state index in [0.717, 1.165) is 123 Å². The second-order valence-electron chi connectivity index (χ2n) is 24.0. The SMILES string of the molecule is COCCn1cc2c(Cl)c(-c3c[nH]c4nc(N5[C@@H]6CC[C@H]5CC(N)C6)cnc34)ccc2n1.COCCn1cc2c(Cl)c(-c3cn(COCC[Si](C)(C)C)c4nc(N5[C@@H]6CC[C@H]5CC(NC(=O)OC(C)(C)C)C6)cnc34)ccc2n1. The quantitative estimate of drug-likeness (QED) is 0.0608. The number of hydrogen-bond acceptors (Lipinski definition) is 14. The summed E-state index contributed by atoms with van der Waals surface area (Å²) in [6, 6.07) is 10.9. The predicted octanol–water partition coefficient (Wildman–Crippen LogP) is 10.8. The summed E-state index contributed by atoms with van der Waals surface area (Å²) in [4.78, 5) is 40.7. The fourth-order valence-electron chi connectivity index (χ4n) is 12.2. The van der Waals surface area contributed by atoms with Gasteiger partial charge in [0, 0.05) is 123 Å². The van der Waals surface area contributed by atoms with E-state index in [0.29, 0.717) is 67.8 Å². The number of H-pyrrole nitrogens is 1. The molecule has 4 saturated heterocycles. The Kier molecular flexibility index (Phi) is 15.7. The molecule has 420 valence electrons. The maximum absolute atomic E-state index is 12.5. The average Bonchev–Trinajstić information content (AvgIpc) is 4.47. The number of nitrogens with one attached hydrogen (secondary N) is 2. The monoisotopic (exact) mass is 1130 g/mol. The number of aromatic nitrogens is 10. The molecule has 4 aliphatic rings. The lowest BCUT2D eigenvalue weighted by Crippen LogP contribution is -2.51. The molecule has 0 radical (unpaired) electrons. The number of aromatic amines is 1. The zero-order valence-electron chi connectivity index (χ0n) is 46.6. The van der Waals surface area contributed by atoms with Crippen LogP contribution in [0.25, 0.3) is 66.4 Å². The largest absolute Gasteiger partial charge is 0.444 e. The van der Waals surface area contributed by atoms with E-state index in [1.165, 1.54) is 12.8 Å². The Morgan fingerprint density at radius 2 is 1.28 bits per heavy atom. The van der Waals surface area contributed by atoms with E-state index >= 15 is 0 Å². The van der Waals surface area contributed by atoms with Crippen LogP contribution in [-0.4, -0.2) is 139 Å². The fourth-order valence-corrected chi connectivity index (χ4v) is 13.6. The van der Waals surface area contributed by atoms with E-state index in [4.69, 9.17) is 67.8 Å². The van der Waals surface area contributed by atoms with Gasteiger partial charge in [-0.3, -0.25) is 9.36 Å². The Bertz CT molecular complexity index is 3470. The Hall–Kier alpha value is -5.87. The lowest BCUT2D eigenvalue weighted by Gasteiger charge is -2.39. The summed E-state index contributed by atoms with van der Waals surface area (Å²) in [5.74, 6) is 1.79. The summed E-state index contributed by atoms with van der Waals surface area (Å²) in [5, 5.41) is 15.5. The number of carbonyl (C=O) groups excluding carboxylic acids is 1. The Balaban J connectivity index is 0.000000179. The van der Waals surface area contributed by atoms with Gasteiger partial charge in [0.25, 0.3) is 0 Å². The van der Waals surface area contributed by atoms with Crippen molar-refractivity contribution in [2.24, 2.45) is 5.73 Å². The van der Waals surface area contributed by atoms with Gasteiger partial charge in [0.1, 0.15) is 35.0 Å². The van der Waals surface area contributed by atoms with Gasteiger partial charge in [-0.15, -0.1) is 0 Å². The average molecular weight is 1130 g/mol. The van der Waals surface area contributed by atoms with E-state index < -0.39 is 13.7 Å². The van der Waals surface area contributed by atoms with E-state index in [1.807, 2.05) is 85.4 Å². The maximum atomic E-state index is 12.5. The molecule has 4 bridgehead atoms. The molecule has 12 rings (SSSR count). The summed E-state index contributed by atoms with van der Waals surface area (Å²) < 4.78 is 27.9. The standard InChI is InChI=1S/C34H48ClN7O4Si.C23H26ClN7O/c1-34(2,3)46-33(43)37-22-16-23-8-9-24(17-22)42(23)29-18-36-31-26(19-40(32(31)38-29)21-45-14-15-47(5,6)7)25-10-11-28-27(30(25)35)20-41(39-28)12-13-44-4;1-32-7-6-30-12-18-19(29-30)5-4-16(21(18)24)17-10-27-23-22(17)26-11-20(28-23)31-14-2-3-15(31)9-13(25)8-14/h10-11,18-20,22-24H,8-9,12-17,21H2,1-7H3,(H,37,43);4-5,10-15H,2-3,6-9,25H2,1H3,(H,27,28)/t22?,23-,24+;13?,14-,15+. The molecular formula is C57H74Cl2N14O5Si. The van der Waals surface area contributed by atoms with Gasteiger partial charge in [-0.1, -0.05) is 55.0 Å². The highest BCUT2D eigenvalue weighted by atomic mass is 35.5. The maximum Gasteiger partial charge on any atom is 0.407 e. The van der Waals surface area contributed by atoms with E-state index in [-0.39, 0.29) is 24.2 Å². The molecule has 10 heterocycles. The van der Waals surface area contributed by atoms with Gasteiger partial charge in [-0.2, -0.15) is 10.2 Å². The Labute approximate surface area is 471 Å². The number of hydrogen-bond donors (Lipinski definition) is 3. The lowest BCUT2D eigenvalue weighted by atomic mass is 9.97. The first-order valence-electron chi connectivity index (χ1n) is 27.8. The highest BCUT2D eigenvalue weighted by Crippen LogP contribution is 2.43. The second kappa shape index (κ2) is 22.6. The first-order chi connectivity index (χ1) is 37.9. The van der Waals surface area contributed by atoms with Crippen LogP contribution in [0.3, 0.4) is 0 Å². The minimum Gasteiger partial charge on any atom is -0.444 e. The number of amides is 1. The molecule has 4 aliphatic heterocycles. The number of halogens is 2. The number of fused-ring (bicyclic) bond motifs is 8. The summed E-state index contributed by atoms with van der Waals surface area (Å²) in [6.45, 7) is 16.3. The van der Waals surface area contributed by atoms with E-state index in [2.05, 4.69) is 60.7 Å². The number of alkyl carbamates (subject to hydrolysis) is 1. The van der Waals surface area contributed by atoms with Gasteiger partial charge < -0.3 is 49.3 Å². The number of rotatable bonds is 16. The van der Waals surface area contributed by atoms with Crippen LogP contribution in [-0.2, 0) is 38.8 Å². The molecule has 22 heteroatoms. The smallest absolute Gasteiger partial charge is 0.407 e. The van der Waals surface area contributed by atoms with Crippen LogP contribution in [0.5, 0.6) is 0 Å². The number of methoxy groups -OCH3 is 2. The number of piperidine rings is 2. The molecule has 1 amide bonds. The van der Waals surface area contributed by atoms with Gasteiger partial charge in [-0.25, -0.2) is 24.7 Å². The molecule has 19 nitrogen and oxygen atoms in total. The normalized spacial score (nSPS) is 21.2. The zero-order valence-corrected chi connectivity index (χ0v) is 49.1. The minimum absolute atomic E-state index is 0.0708. The van der Waals surface area contributed by atoms with Crippen molar-refractivity contribution in [3.05, 3.63) is 71.5 Å². The van der Waals surface area contributed by atoms with Gasteiger partial charge in [0.2, 0.25) is 0 Å². The van der Waals surface area contributed by atoms with Crippen LogP contribution >= 0.6 is 23.2 Å². The van der Waals surface area contributed by atoms with Crippen LogP contribution < -0.4 is 20.9 Å². The molecular weight excluding hydrogens is 1060 g/mol. The van der Waals surface area contributed by atoms with Crippen molar-refractivity contribution in [1.29, 1.82) is 0 Å². The van der Waals surface area contributed by atoms with Crippen molar-refractivity contribution in [3.8, 4) is 22.3 Å². The first-order valence-corrected chi connectivity index (χ1v) is 32.3. The molecule has 2 unspecified atom stereocenters. The van der Waals surface area contributed by atoms with Crippen molar-refractivity contribution in [3.63, 3.8) is 0 Å². The predicted molar refractivity (Wildman–Crippen MR) is 315 cm³/mol. The van der Waals surface area contributed by atoms with Crippen LogP contribution in [0.4, 0.5) is 16.4 Å². The van der Waals surface area contributed by atoms with Crippen molar-refractivity contribution < 1.29 is 23.7 Å². The van der Waals surface area contributed by atoms with E-state index in [9.17, 15) is 4.79 Å². The van der Waals surface area contributed by atoms with E-state index in [1.54, 1.807) is 14.2 Å². The van der Waals surface area contributed by atoms with Gasteiger partial charge in [0.15, 0.2) is 11.3 Å². The number of benzene rings is 2. The highest BCUT2D eigenvalue weighted by molar-refractivity contribution is 6.76. The topological polar surface area (TPSA) is 206 Å². The molecule has 8 aromatic rings. The molecule has 0 spiro atoms. The van der Waals surface area contributed by atoms with Crippen molar-refractivity contribution in [2.75, 3.05) is 43.8 Å². The van der Waals surface area contributed by atoms with Crippen LogP contribution in [0.2, 0.25) is 35.7 Å². The molecule has 79 heavy (non-hydrogen) atoms. The molecule has 4 fully saturated rings. The molecule has 4 N–H and O–H groups in total. The molecule has 6 atom stereocenters. The van der Waals surface area contributed by atoms with Crippen LogP contribution in [0.1, 0.15) is 72.1 Å². The molecule has 6 aromatic heterocycles. The summed E-state index contributed by atoms with van der Waals surface area (Å²) >= 11 is 13.9. The van der Waals surface area contributed by atoms with Gasteiger partial charge in [-0.05, 0) is 90.3 Å². The molecule has 2 aromatic carbocycles. The summed E-state index contributed by atoms with van der Waals surface area (Å²) in [5.41, 5.74) is 14.2. The van der Waals surface area contributed by atoms with Crippen molar-refractivity contribution >= 4 is 93.1 Å². The highest BCUT2D eigenvalue weighted by Gasteiger charge is 2.43. The van der Waals surface area contributed by atoms with Crippen LogP contribution in [0.15, 0.2) is 61.4 Å². The third-order valence-corrected chi connectivity index (χ3v) is 18.4. The summed E-state index contributed by atoms with van der Waals surface area (Å²) in [7, 11) is 2.12. The van der Waals surface area contributed by atoms with Crippen molar-refractivity contribution in [1.82, 2.24) is 54.4 Å². The van der Waals surface area contributed by atoms with Crippen LogP contribution in [0, 0.1) is 0 Å². The third-order valence-electron chi connectivity index (χ3n) is 15.9. The summed E-state index contributed by atoms with van der Waals surface area (Å²) in [6.07, 6.45) is 19.6. The number of anilines is 2. The Morgan fingerprint density at radius 1 is 0.734 bits per heavy atom. The zero-order chi connectivity index (χ0) is 55.3. The Morgan fingerprint density at radius 3 is 1.84 bits per heavy atom. The first kappa shape index (κ1) is 55.1. The second-order valence-corrected chi connectivity index (χ2v) is 30.4. The van der Waals surface area contributed by atoms with Crippen molar-refractivity contribution in [2.45, 2.75) is 159 Å². The lowest BCUT2D eigenvalue weighted by molar-refractivity contribution is 0.0492. The number of nitrogens with zero attached hydrogens (tertiary/aromatic N) is 11. The molecule has 0 saturated carbocycles. The number of carbonyl (C=O) groups is 1.